The molecular formula is C16H21N3O3. The van der Waals surface area contributed by atoms with Gasteiger partial charge in [0.25, 0.3) is 0 Å². The summed E-state index contributed by atoms with van der Waals surface area (Å²) in [6.07, 6.45) is 1.87. The van der Waals surface area contributed by atoms with Crippen molar-refractivity contribution in [1.82, 2.24) is 4.90 Å². The van der Waals surface area contributed by atoms with Crippen LogP contribution in [0.4, 0.5) is 11.4 Å². The third-order valence-corrected chi connectivity index (χ3v) is 3.73. The summed E-state index contributed by atoms with van der Waals surface area (Å²) in [4.78, 5) is 36.6. The first-order valence-corrected chi connectivity index (χ1v) is 7.43. The first-order valence-electron chi connectivity index (χ1n) is 7.43. The SMILES string of the molecule is CC(=O)Nc1ccc(NC(=O)C(=O)N2CCC(C)CC2)cc1. The lowest BCUT2D eigenvalue weighted by molar-refractivity contribution is -0.144. The molecule has 0 unspecified atom stereocenters. The molecule has 0 atom stereocenters. The minimum absolute atomic E-state index is 0.161. The fourth-order valence-electron chi connectivity index (χ4n) is 2.38. The van der Waals surface area contributed by atoms with E-state index in [0.29, 0.717) is 30.4 Å². The maximum Gasteiger partial charge on any atom is 0.313 e. The van der Waals surface area contributed by atoms with E-state index in [1.807, 2.05) is 0 Å². The Kier molecular flexibility index (Phi) is 5.14. The van der Waals surface area contributed by atoms with Crippen LogP contribution in [0.15, 0.2) is 24.3 Å². The number of carbonyl (C=O) groups excluding carboxylic acids is 3. The molecule has 0 aliphatic carbocycles. The number of anilines is 2. The predicted octanol–water partition coefficient (Wildman–Crippen LogP) is 1.84. The van der Waals surface area contributed by atoms with Crippen LogP contribution in [0.1, 0.15) is 26.7 Å². The normalized spacial score (nSPS) is 15.3. The van der Waals surface area contributed by atoms with E-state index >= 15 is 0 Å². The monoisotopic (exact) mass is 303 g/mol. The second kappa shape index (κ2) is 7.06. The summed E-state index contributed by atoms with van der Waals surface area (Å²) in [7, 11) is 0. The minimum Gasteiger partial charge on any atom is -0.334 e. The molecule has 0 bridgehead atoms. The van der Waals surface area contributed by atoms with Gasteiger partial charge >= 0.3 is 11.8 Å². The Balaban J connectivity index is 1.91. The standard InChI is InChI=1S/C16H21N3O3/c1-11-7-9-19(10-8-11)16(22)15(21)18-14-5-3-13(4-6-14)17-12(2)20/h3-6,11H,7-10H2,1-2H3,(H,17,20)(H,18,21). The fraction of sp³-hybridized carbons (Fsp3) is 0.438. The number of amides is 3. The van der Waals surface area contributed by atoms with Crippen LogP contribution in [0.25, 0.3) is 0 Å². The van der Waals surface area contributed by atoms with Crippen LogP contribution in [0.3, 0.4) is 0 Å². The molecule has 3 amide bonds. The fourth-order valence-corrected chi connectivity index (χ4v) is 2.38. The number of hydrogen-bond donors (Lipinski definition) is 2. The largest absolute Gasteiger partial charge is 0.334 e. The van der Waals surface area contributed by atoms with E-state index in [-0.39, 0.29) is 5.91 Å². The summed E-state index contributed by atoms with van der Waals surface area (Å²) in [6, 6.07) is 6.64. The van der Waals surface area contributed by atoms with E-state index in [9.17, 15) is 14.4 Å². The molecule has 1 aliphatic rings. The van der Waals surface area contributed by atoms with Gasteiger partial charge in [-0.1, -0.05) is 6.92 Å². The Morgan fingerprint density at radius 2 is 1.50 bits per heavy atom. The van der Waals surface area contributed by atoms with E-state index in [1.54, 1.807) is 29.2 Å². The molecule has 6 nitrogen and oxygen atoms in total. The zero-order valence-corrected chi connectivity index (χ0v) is 12.9. The summed E-state index contributed by atoms with van der Waals surface area (Å²) >= 11 is 0. The van der Waals surface area contributed by atoms with Crippen LogP contribution in [-0.2, 0) is 14.4 Å². The van der Waals surface area contributed by atoms with E-state index in [2.05, 4.69) is 17.6 Å². The quantitative estimate of drug-likeness (QED) is 0.818. The van der Waals surface area contributed by atoms with Gasteiger partial charge in [-0.25, -0.2) is 0 Å². The van der Waals surface area contributed by atoms with Crippen LogP contribution in [0.2, 0.25) is 0 Å². The number of nitrogens with one attached hydrogen (secondary N) is 2. The van der Waals surface area contributed by atoms with Crippen molar-refractivity contribution >= 4 is 29.1 Å². The van der Waals surface area contributed by atoms with Gasteiger partial charge in [0, 0.05) is 31.4 Å². The number of benzene rings is 1. The Bertz CT molecular complexity index is 561. The maximum atomic E-state index is 12.1. The van der Waals surface area contributed by atoms with Gasteiger partial charge in [-0.15, -0.1) is 0 Å². The van der Waals surface area contributed by atoms with Crippen LogP contribution in [0, 0.1) is 5.92 Å². The van der Waals surface area contributed by atoms with Crippen molar-refractivity contribution in [1.29, 1.82) is 0 Å². The van der Waals surface area contributed by atoms with Crippen LogP contribution >= 0.6 is 0 Å². The number of piperidine rings is 1. The molecule has 0 radical (unpaired) electrons. The molecule has 1 saturated heterocycles. The van der Waals surface area contributed by atoms with Crippen molar-refractivity contribution < 1.29 is 14.4 Å². The second-order valence-corrected chi connectivity index (χ2v) is 5.69. The van der Waals surface area contributed by atoms with Gasteiger partial charge < -0.3 is 15.5 Å². The Hall–Kier alpha value is -2.37. The van der Waals surface area contributed by atoms with Gasteiger partial charge in [0.15, 0.2) is 0 Å². The third kappa shape index (κ3) is 4.31. The smallest absolute Gasteiger partial charge is 0.313 e. The lowest BCUT2D eigenvalue weighted by atomic mass is 9.99. The van der Waals surface area contributed by atoms with E-state index in [4.69, 9.17) is 0 Å². The predicted molar refractivity (Wildman–Crippen MR) is 84.4 cm³/mol. The number of likely N-dealkylation sites (tertiary alicyclic amines) is 1. The highest BCUT2D eigenvalue weighted by atomic mass is 16.2. The number of hydrogen-bond acceptors (Lipinski definition) is 3. The van der Waals surface area contributed by atoms with Crippen LogP contribution in [-0.4, -0.2) is 35.7 Å². The van der Waals surface area contributed by atoms with Gasteiger partial charge in [0.2, 0.25) is 5.91 Å². The number of carbonyl (C=O) groups is 3. The molecule has 1 aliphatic heterocycles. The Morgan fingerprint density at radius 1 is 1.00 bits per heavy atom. The first-order chi connectivity index (χ1) is 10.5. The second-order valence-electron chi connectivity index (χ2n) is 5.69. The molecule has 6 heteroatoms. The Labute approximate surface area is 129 Å². The highest BCUT2D eigenvalue weighted by molar-refractivity contribution is 6.39. The molecule has 1 fully saturated rings. The van der Waals surface area contributed by atoms with Crippen molar-refractivity contribution in [3.63, 3.8) is 0 Å². The minimum atomic E-state index is -0.623. The molecule has 0 saturated carbocycles. The van der Waals surface area contributed by atoms with E-state index in [0.717, 1.165) is 12.8 Å². The number of nitrogens with zero attached hydrogens (tertiary/aromatic N) is 1. The van der Waals surface area contributed by atoms with Gasteiger partial charge in [-0.05, 0) is 43.0 Å². The van der Waals surface area contributed by atoms with Crippen molar-refractivity contribution in [3.05, 3.63) is 24.3 Å². The third-order valence-electron chi connectivity index (χ3n) is 3.73. The first kappa shape index (κ1) is 16.0. The molecule has 2 rings (SSSR count). The average molecular weight is 303 g/mol. The molecule has 118 valence electrons. The molecule has 22 heavy (non-hydrogen) atoms. The lowest BCUT2D eigenvalue weighted by Crippen LogP contribution is -2.43. The van der Waals surface area contributed by atoms with Crippen molar-refractivity contribution in [2.24, 2.45) is 5.92 Å². The van der Waals surface area contributed by atoms with Crippen molar-refractivity contribution in [2.75, 3.05) is 23.7 Å². The van der Waals surface area contributed by atoms with Gasteiger partial charge in [0.1, 0.15) is 0 Å². The zero-order chi connectivity index (χ0) is 16.1. The summed E-state index contributed by atoms with van der Waals surface area (Å²) in [5.74, 6) is -0.667. The molecule has 1 aromatic carbocycles. The van der Waals surface area contributed by atoms with Gasteiger partial charge in [0.05, 0.1) is 0 Å². The van der Waals surface area contributed by atoms with Crippen LogP contribution in [0.5, 0.6) is 0 Å². The highest BCUT2D eigenvalue weighted by Crippen LogP contribution is 2.17. The molecular weight excluding hydrogens is 282 g/mol. The zero-order valence-electron chi connectivity index (χ0n) is 12.9. The summed E-state index contributed by atoms with van der Waals surface area (Å²) in [5, 5.41) is 5.22. The molecule has 2 N–H and O–H groups in total. The average Bonchev–Trinajstić information content (AvgIpc) is 2.49. The highest BCUT2D eigenvalue weighted by Gasteiger charge is 2.25. The molecule has 1 heterocycles. The maximum absolute atomic E-state index is 12.1. The van der Waals surface area contributed by atoms with Crippen molar-refractivity contribution in [3.8, 4) is 0 Å². The van der Waals surface area contributed by atoms with Gasteiger partial charge in [-0.2, -0.15) is 0 Å². The number of rotatable bonds is 2. The van der Waals surface area contributed by atoms with E-state index < -0.39 is 11.8 Å². The summed E-state index contributed by atoms with van der Waals surface area (Å²) < 4.78 is 0. The Morgan fingerprint density at radius 3 is 2.00 bits per heavy atom. The van der Waals surface area contributed by atoms with Crippen LogP contribution < -0.4 is 10.6 Å². The van der Waals surface area contributed by atoms with E-state index in [1.165, 1.54) is 6.92 Å². The molecule has 0 spiro atoms. The summed E-state index contributed by atoms with van der Waals surface area (Å²) in [6.45, 7) is 4.84. The van der Waals surface area contributed by atoms with Crippen molar-refractivity contribution in [2.45, 2.75) is 26.7 Å². The molecule has 0 aromatic heterocycles. The van der Waals surface area contributed by atoms with Gasteiger partial charge in [-0.3, -0.25) is 14.4 Å². The summed E-state index contributed by atoms with van der Waals surface area (Å²) in [5.41, 5.74) is 1.17. The lowest BCUT2D eigenvalue weighted by Gasteiger charge is -2.29. The topological polar surface area (TPSA) is 78.5 Å². The molecule has 1 aromatic rings.